The van der Waals surface area contributed by atoms with Gasteiger partial charge in [-0.05, 0) is 53.9 Å². The summed E-state index contributed by atoms with van der Waals surface area (Å²) in [5.41, 5.74) is 2.08. The lowest BCUT2D eigenvalue weighted by Gasteiger charge is -2.09. The van der Waals surface area contributed by atoms with E-state index in [4.69, 9.17) is 0 Å². The summed E-state index contributed by atoms with van der Waals surface area (Å²) in [6, 6.07) is 19.7. The van der Waals surface area contributed by atoms with Crippen molar-refractivity contribution in [1.82, 2.24) is 4.57 Å². The molecule has 39 heavy (non-hydrogen) atoms. The number of rotatable bonds is 7. The number of aryl methyl sites for hydroxylation is 1. The number of fused-ring (bicyclic) bond motifs is 1. The summed E-state index contributed by atoms with van der Waals surface area (Å²) in [5.74, 6) is -3.58. The molecule has 0 aliphatic heterocycles. The largest absolute Gasteiger partial charge is 0.505 e. The van der Waals surface area contributed by atoms with Crippen molar-refractivity contribution >= 4 is 28.2 Å². The highest BCUT2D eigenvalue weighted by Crippen LogP contribution is 2.44. The smallest absolute Gasteiger partial charge is 0.335 e. The Morgan fingerprint density at radius 3 is 2.38 bits per heavy atom. The number of aromatic carboxylic acids is 1. The molecule has 5 rings (SSSR count). The van der Waals surface area contributed by atoms with Gasteiger partial charge in [-0.15, -0.1) is 10.2 Å². The molecule has 0 unspecified atom stereocenters. The molecule has 0 aliphatic carbocycles. The number of aromatic hydroxyl groups is 2. The average Bonchev–Trinajstić information content (AvgIpc) is 3.20. The van der Waals surface area contributed by atoms with Crippen molar-refractivity contribution in [2.45, 2.75) is 19.8 Å². The number of carboxylic acid groups (broad SMARTS) is 1. The molecular weight excluding hydrogens is 504 g/mol. The van der Waals surface area contributed by atoms with Crippen LogP contribution in [0.2, 0.25) is 0 Å². The molecule has 1 heterocycles. The van der Waals surface area contributed by atoms with E-state index in [1.165, 1.54) is 22.8 Å². The van der Waals surface area contributed by atoms with Gasteiger partial charge in [-0.3, -0.25) is 4.57 Å². The highest BCUT2D eigenvalue weighted by Gasteiger charge is 2.22. The molecule has 0 aliphatic rings. The van der Waals surface area contributed by atoms with Crippen LogP contribution >= 0.6 is 0 Å². The maximum absolute atomic E-state index is 15.0. The molecule has 5 aromatic rings. The van der Waals surface area contributed by atoms with E-state index in [9.17, 15) is 24.5 Å². The first-order valence-corrected chi connectivity index (χ1v) is 12.2. The number of phenols is 1. The van der Waals surface area contributed by atoms with E-state index in [1.54, 1.807) is 36.4 Å². The number of azo groups is 1. The Morgan fingerprint density at radius 2 is 1.67 bits per heavy atom. The quantitative estimate of drug-likeness (QED) is 0.186. The van der Waals surface area contributed by atoms with Gasteiger partial charge < -0.3 is 15.3 Å². The zero-order chi connectivity index (χ0) is 27.7. The molecule has 0 fully saturated rings. The molecule has 0 spiro atoms. The minimum atomic E-state index is -1.11. The normalized spacial score (nSPS) is 11.5. The third kappa shape index (κ3) is 4.82. The van der Waals surface area contributed by atoms with Gasteiger partial charge in [-0.1, -0.05) is 49.7 Å². The van der Waals surface area contributed by atoms with Crippen LogP contribution in [-0.2, 0) is 6.42 Å². The highest BCUT2D eigenvalue weighted by atomic mass is 19.1. The van der Waals surface area contributed by atoms with Crippen LogP contribution in [0.3, 0.4) is 0 Å². The predicted molar refractivity (Wildman–Crippen MR) is 144 cm³/mol. The monoisotopic (exact) mass is 527 g/mol. The summed E-state index contributed by atoms with van der Waals surface area (Å²) >= 11 is 0. The summed E-state index contributed by atoms with van der Waals surface area (Å²) in [6.07, 6.45) is 1.81. The van der Waals surface area contributed by atoms with Gasteiger partial charge in [0.2, 0.25) is 5.88 Å². The van der Waals surface area contributed by atoms with E-state index in [0.717, 1.165) is 30.5 Å². The molecule has 4 aromatic carbocycles. The number of hydrogen-bond donors (Lipinski definition) is 3. The molecular formula is C30H23F2N3O4. The second-order valence-corrected chi connectivity index (χ2v) is 8.97. The fourth-order valence-electron chi connectivity index (χ4n) is 4.52. The van der Waals surface area contributed by atoms with Crippen molar-refractivity contribution in [1.29, 1.82) is 0 Å². The van der Waals surface area contributed by atoms with Gasteiger partial charge in [0.05, 0.1) is 11.1 Å². The van der Waals surface area contributed by atoms with Crippen molar-refractivity contribution < 1.29 is 28.9 Å². The minimum Gasteiger partial charge on any atom is -0.505 e. The first-order valence-electron chi connectivity index (χ1n) is 12.2. The van der Waals surface area contributed by atoms with Crippen LogP contribution < -0.4 is 0 Å². The maximum Gasteiger partial charge on any atom is 0.335 e. The van der Waals surface area contributed by atoms with E-state index in [-0.39, 0.29) is 33.6 Å². The third-order valence-electron chi connectivity index (χ3n) is 6.36. The Kier molecular flexibility index (Phi) is 6.81. The molecule has 0 saturated carbocycles. The molecule has 0 atom stereocenters. The molecule has 0 bridgehead atoms. The minimum absolute atomic E-state index is 0.00353. The van der Waals surface area contributed by atoms with E-state index in [1.807, 2.05) is 12.1 Å². The SMILES string of the molecule is CCCc1ccc(-n2c(O)c(N=Nc3cccc(-c4cccc(C(=O)O)c4)c3O)c3cc(F)cc(F)c32)cc1. The van der Waals surface area contributed by atoms with Gasteiger partial charge in [0.15, 0.2) is 17.3 Å². The first kappa shape index (κ1) is 25.6. The number of nitrogens with zero attached hydrogens (tertiary/aromatic N) is 3. The second kappa shape index (κ2) is 10.4. The van der Waals surface area contributed by atoms with Gasteiger partial charge in [0.25, 0.3) is 0 Å². The second-order valence-electron chi connectivity index (χ2n) is 8.97. The predicted octanol–water partition coefficient (Wildman–Crippen LogP) is 8.05. The Morgan fingerprint density at radius 1 is 0.923 bits per heavy atom. The van der Waals surface area contributed by atoms with Crippen LogP contribution in [0, 0.1) is 11.6 Å². The number of benzene rings is 4. The Hall–Kier alpha value is -5.05. The summed E-state index contributed by atoms with van der Waals surface area (Å²) in [5, 5.41) is 39.5. The fraction of sp³-hybridized carbons (Fsp3) is 0.100. The maximum atomic E-state index is 15.0. The number of carbonyl (C=O) groups is 1. The lowest BCUT2D eigenvalue weighted by molar-refractivity contribution is 0.0697. The third-order valence-corrected chi connectivity index (χ3v) is 6.36. The molecule has 1 aromatic heterocycles. The van der Waals surface area contributed by atoms with Crippen molar-refractivity contribution in [2.75, 3.05) is 0 Å². The van der Waals surface area contributed by atoms with E-state index in [0.29, 0.717) is 16.8 Å². The standard InChI is InChI=1S/C30H23F2N3O4/c1-2-5-17-10-12-21(13-11-17)35-27-23(15-20(31)16-24(27)32)26(29(35)37)34-33-25-9-4-8-22(28(25)36)18-6-3-7-19(14-18)30(38)39/h3-4,6-16,36-37H,2,5H2,1H3,(H,38,39). The van der Waals surface area contributed by atoms with Crippen molar-refractivity contribution in [3.63, 3.8) is 0 Å². The van der Waals surface area contributed by atoms with Crippen LogP contribution in [0.25, 0.3) is 27.7 Å². The van der Waals surface area contributed by atoms with Crippen molar-refractivity contribution in [3.05, 3.63) is 102 Å². The Bertz CT molecular complexity index is 1740. The number of aromatic nitrogens is 1. The van der Waals surface area contributed by atoms with E-state index in [2.05, 4.69) is 17.2 Å². The van der Waals surface area contributed by atoms with Gasteiger partial charge in [0, 0.05) is 22.7 Å². The summed E-state index contributed by atoms with van der Waals surface area (Å²) in [4.78, 5) is 11.4. The summed E-state index contributed by atoms with van der Waals surface area (Å²) in [7, 11) is 0. The van der Waals surface area contributed by atoms with Crippen LogP contribution in [0.15, 0.2) is 89.1 Å². The van der Waals surface area contributed by atoms with Crippen LogP contribution in [0.4, 0.5) is 20.2 Å². The molecule has 0 amide bonds. The first-order chi connectivity index (χ1) is 18.8. The summed E-state index contributed by atoms with van der Waals surface area (Å²) in [6.45, 7) is 2.06. The zero-order valence-corrected chi connectivity index (χ0v) is 20.8. The molecule has 196 valence electrons. The van der Waals surface area contributed by atoms with E-state index < -0.39 is 23.5 Å². The fourth-order valence-corrected chi connectivity index (χ4v) is 4.52. The topological polar surface area (TPSA) is 107 Å². The number of hydrogen-bond acceptors (Lipinski definition) is 5. The van der Waals surface area contributed by atoms with Crippen LogP contribution in [-0.4, -0.2) is 25.9 Å². The molecule has 9 heteroatoms. The molecule has 0 radical (unpaired) electrons. The average molecular weight is 528 g/mol. The number of carboxylic acids is 1. The Balaban J connectivity index is 1.62. The Labute approximate surface area is 221 Å². The van der Waals surface area contributed by atoms with Gasteiger partial charge >= 0.3 is 5.97 Å². The number of halogens is 2. The zero-order valence-electron chi connectivity index (χ0n) is 20.8. The van der Waals surface area contributed by atoms with Crippen molar-refractivity contribution in [3.8, 4) is 28.4 Å². The van der Waals surface area contributed by atoms with Crippen molar-refractivity contribution in [2.24, 2.45) is 10.2 Å². The number of para-hydroxylation sites is 1. The summed E-state index contributed by atoms with van der Waals surface area (Å²) < 4.78 is 30.5. The van der Waals surface area contributed by atoms with Crippen LogP contribution in [0.5, 0.6) is 11.6 Å². The highest BCUT2D eigenvalue weighted by molar-refractivity contribution is 5.97. The lowest BCUT2D eigenvalue weighted by Crippen LogP contribution is -1.96. The number of phenolic OH excluding ortho intramolecular Hbond substituents is 1. The van der Waals surface area contributed by atoms with E-state index >= 15 is 4.39 Å². The molecule has 7 nitrogen and oxygen atoms in total. The molecule has 0 saturated heterocycles. The van der Waals surface area contributed by atoms with Crippen LogP contribution in [0.1, 0.15) is 29.3 Å². The lowest BCUT2D eigenvalue weighted by atomic mass is 10.0. The van der Waals surface area contributed by atoms with Gasteiger partial charge in [0.1, 0.15) is 11.5 Å². The van der Waals surface area contributed by atoms with Gasteiger partial charge in [-0.25, -0.2) is 13.6 Å². The molecule has 3 N–H and O–H groups in total. The van der Waals surface area contributed by atoms with Gasteiger partial charge in [-0.2, -0.15) is 0 Å².